The maximum atomic E-state index is 11.1. The molecule has 16 heavy (non-hydrogen) atoms. The highest BCUT2D eigenvalue weighted by atomic mass is 32.2. The van der Waals surface area contributed by atoms with E-state index in [1.807, 2.05) is 6.08 Å². The smallest absolute Gasteiger partial charge is 0.306 e. The number of oxazole rings is 1. The Balaban J connectivity index is 2.30. The molecule has 2 rings (SSSR count). The molecule has 0 saturated heterocycles. The minimum Gasteiger partial charge on any atom is -0.443 e. The third-order valence-electron chi connectivity index (χ3n) is 2.05. The molecule has 1 aromatic rings. The normalized spacial score (nSPS) is 16.6. The Morgan fingerprint density at radius 3 is 2.75 bits per heavy atom. The number of hydrogen-bond donors (Lipinski definition) is 0. The van der Waals surface area contributed by atoms with Gasteiger partial charge in [-0.3, -0.25) is 0 Å². The molecule has 0 amide bonds. The monoisotopic (exact) mass is 241 g/mol. The van der Waals surface area contributed by atoms with Gasteiger partial charge in [0.05, 0.1) is 18.0 Å². The second-order valence-electron chi connectivity index (χ2n) is 3.42. The summed E-state index contributed by atoms with van der Waals surface area (Å²) in [6.07, 6.45) is 9.02. The van der Waals surface area contributed by atoms with Gasteiger partial charge in [-0.15, -0.1) is 0 Å². The van der Waals surface area contributed by atoms with Crippen LogP contribution in [0.1, 0.15) is 18.6 Å². The first-order valence-electron chi connectivity index (χ1n) is 4.75. The summed E-state index contributed by atoms with van der Waals surface area (Å²) in [4.78, 5) is 3.79. The van der Waals surface area contributed by atoms with Gasteiger partial charge in [-0.1, -0.05) is 6.08 Å². The van der Waals surface area contributed by atoms with Crippen molar-refractivity contribution in [2.45, 2.75) is 12.8 Å². The Bertz CT molecular complexity index is 525. The molecule has 1 aliphatic rings. The van der Waals surface area contributed by atoms with E-state index in [-0.39, 0.29) is 0 Å². The molecule has 0 spiro atoms. The van der Waals surface area contributed by atoms with E-state index in [0.717, 1.165) is 19.1 Å². The molecule has 0 radical (unpaired) electrons. The first-order valence-corrected chi connectivity index (χ1v) is 6.57. The number of hydrogen-bond acceptors (Lipinski definition) is 5. The predicted molar refractivity (Wildman–Crippen MR) is 57.7 cm³/mol. The third kappa shape index (κ3) is 2.52. The van der Waals surface area contributed by atoms with Crippen LogP contribution in [-0.2, 0) is 14.3 Å². The first kappa shape index (κ1) is 10.9. The van der Waals surface area contributed by atoms with Crippen molar-refractivity contribution >= 4 is 15.7 Å². The summed E-state index contributed by atoms with van der Waals surface area (Å²) in [5.41, 5.74) is 0.633. The van der Waals surface area contributed by atoms with Crippen molar-refractivity contribution in [2.24, 2.45) is 0 Å². The molecule has 1 heterocycles. The minimum atomic E-state index is -3.52. The Kier molecular flexibility index (Phi) is 2.82. The lowest BCUT2D eigenvalue weighted by Crippen LogP contribution is -2.06. The highest BCUT2D eigenvalue weighted by Gasteiger charge is 2.18. The van der Waals surface area contributed by atoms with Crippen LogP contribution in [0.25, 0.3) is 5.57 Å². The number of rotatable bonds is 3. The summed E-state index contributed by atoms with van der Waals surface area (Å²) in [5, 5.41) is 0. The topological polar surface area (TPSA) is 69.4 Å². The van der Waals surface area contributed by atoms with E-state index < -0.39 is 10.1 Å². The van der Waals surface area contributed by atoms with Crippen LogP contribution in [0.15, 0.2) is 34.9 Å². The summed E-state index contributed by atoms with van der Waals surface area (Å²) in [5.74, 6) is 0.820. The lowest BCUT2D eigenvalue weighted by Gasteiger charge is -2.13. The summed E-state index contributed by atoms with van der Waals surface area (Å²) in [7, 11) is -3.52. The lowest BCUT2D eigenvalue weighted by atomic mass is 10.0. The molecule has 0 saturated carbocycles. The van der Waals surface area contributed by atoms with Crippen molar-refractivity contribution in [3.8, 4) is 0 Å². The van der Waals surface area contributed by atoms with Gasteiger partial charge in [0.1, 0.15) is 5.76 Å². The fourth-order valence-electron chi connectivity index (χ4n) is 1.47. The Hall–Kier alpha value is -1.56. The second kappa shape index (κ2) is 4.13. The van der Waals surface area contributed by atoms with Gasteiger partial charge in [-0.05, 0) is 18.9 Å². The zero-order valence-corrected chi connectivity index (χ0v) is 9.53. The van der Waals surface area contributed by atoms with Crippen molar-refractivity contribution in [1.29, 1.82) is 0 Å². The molecular formula is C10H11NO4S. The van der Waals surface area contributed by atoms with Crippen LogP contribution in [0.4, 0.5) is 0 Å². The third-order valence-corrected chi connectivity index (χ3v) is 2.53. The van der Waals surface area contributed by atoms with E-state index in [4.69, 9.17) is 8.60 Å². The van der Waals surface area contributed by atoms with E-state index >= 15 is 0 Å². The van der Waals surface area contributed by atoms with Crippen molar-refractivity contribution in [3.05, 3.63) is 36.3 Å². The molecule has 0 bridgehead atoms. The highest BCUT2D eigenvalue weighted by molar-refractivity contribution is 7.86. The van der Waals surface area contributed by atoms with E-state index in [0.29, 0.717) is 17.1 Å². The van der Waals surface area contributed by atoms with Gasteiger partial charge in [-0.2, -0.15) is 8.42 Å². The fourth-order valence-corrected chi connectivity index (χ4v) is 1.95. The van der Waals surface area contributed by atoms with Gasteiger partial charge in [0.15, 0.2) is 12.2 Å². The van der Waals surface area contributed by atoms with Gasteiger partial charge in [0.25, 0.3) is 0 Å². The SMILES string of the molecule is CS(=O)(=O)OC1=CCCC=C1c1cnco1. The van der Waals surface area contributed by atoms with Crippen molar-refractivity contribution < 1.29 is 17.0 Å². The molecule has 0 atom stereocenters. The van der Waals surface area contributed by atoms with Gasteiger partial charge in [0.2, 0.25) is 0 Å². The summed E-state index contributed by atoms with van der Waals surface area (Å²) in [6, 6.07) is 0. The fraction of sp³-hybridized carbons (Fsp3) is 0.300. The van der Waals surface area contributed by atoms with Crippen LogP contribution in [-0.4, -0.2) is 19.7 Å². The molecule has 0 fully saturated rings. The number of allylic oxidation sites excluding steroid dienone is 3. The van der Waals surface area contributed by atoms with Crippen LogP contribution >= 0.6 is 0 Å². The lowest BCUT2D eigenvalue weighted by molar-refractivity contribution is 0.422. The summed E-state index contributed by atoms with van der Waals surface area (Å²) >= 11 is 0. The number of nitrogens with zero attached hydrogens (tertiary/aromatic N) is 1. The molecule has 0 N–H and O–H groups in total. The van der Waals surface area contributed by atoms with Crippen molar-refractivity contribution in [1.82, 2.24) is 4.98 Å². The van der Waals surface area contributed by atoms with Crippen LogP contribution in [0.3, 0.4) is 0 Å². The molecule has 6 heteroatoms. The van der Waals surface area contributed by atoms with Gasteiger partial charge in [-0.25, -0.2) is 4.98 Å². The van der Waals surface area contributed by atoms with E-state index in [1.165, 1.54) is 12.6 Å². The molecule has 1 aromatic heterocycles. The first-order chi connectivity index (χ1) is 7.56. The Morgan fingerprint density at radius 1 is 1.38 bits per heavy atom. The zero-order chi connectivity index (χ0) is 11.6. The maximum Gasteiger partial charge on any atom is 0.306 e. The maximum absolute atomic E-state index is 11.1. The van der Waals surface area contributed by atoms with Crippen LogP contribution in [0.2, 0.25) is 0 Å². The molecule has 0 aliphatic heterocycles. The molecule has 5 nitrogen and oxygen atoms in total. The van der Waals surface area contributed by atoms with E-state index in [1.54, 1.807) is 6.08 Å². The van der Waals surface area contributed by atoms with Gasteiger partial charge in [0, 0.05) is 0 Å². The van der Waals surface area contributed by atoms with Crippen LogP contribution in [0, 0.1) is 0 Å². The van der Waals surface area contributed by atoms with E-state index in [2.05, 4.69) is 4.98 Å². The highest BCUT2D eigenvalue weighted by Crippen LogP contribution is 2.29. The molecule has 0 unspecified atom stereocenters. The Morgan fingerprint density at radius 2 is 2.12 bits per heavy atom. The molecule has 0 aromatic carbocycles. The van der Waals surface area contributed by atoms with Gasteiger partial charge < -0.3 is 8.60 Å². The molecule has 86 valence electrons. The van der Waals surface area contributed by atoms with Crippen LogP contribution in [0.5, 0.6) is 0 Å². The summed E-state index contributed by atoms with van der Waals surface area (Å²) in [6.45, 7) is 0. The summed E-state index contributed by atoms with van der Waals surface area (Å²) < 4.78 is 32.2. The predicted octanol–water partition coefficient (Wildman–Crippen LogP) is 1.71. The van der Waals surface area contributed by atoms with Crippen molar-refractivity contribution in [2.75, 3.05) is 6.26 Å². The van der Waals surface area contributed by atoms with Gasteiger partial charge >= 0.3 is 10.1 Å². The standard InChI is InChI=1S/C10H11NO4S/c1-16(12,13)15-9-5-3-2-4-8(9)10-6-11-7-14-10/h4-7H,2-3H2,1H3. The Labute approximate surface area is 93.6 Å². The largest absolute Gasteiger partial charge is 0.443 e. The average Bonchev–Trinajstić information content (AvgIpc) is 2.69. The van der Waals surface area contributed by atoms with E-state index in [9.17, 15) is 8.42 Å². The van der Waals surface area contributed by atoms with Crippen molar-refractivity contribution in [3.63, 3.8) is 0 Å². The average molecular weight is 241 g/mol. The minimum absolute atomic E-state index is 0.311. The second-order valence-corrected chi connectivity index (χ2v) is 4.99. The molecule has 1 aliphatic carbocycles. The zero-order valence-electron chi connectivity index (χ0n) is 8.71. The molecular weight excluding hydrogens is 230 g/mol. The van der Waals surface area contributed by atoms with Crippen LogP contribution < -0.4 is 0 Å². The quantitative estimate of drug-likeness (QED) is 0.753. The number of aromatic nitrogens is 1.